The van der Waals surface area contributed by atoms with Gasteiger partial charge in [-0.15, -0.1) is 13.2 Å². The molecule has 0 amide bonds. The molecule has 3 aromatic carbocycles. The number of rotatable bonds is 8. The van der Waals surface area contributed by atoms with Crippen LogP contribution in [-0.2, 0) is 26.3 Å². The number of hydrogen-bond donors (Lipinski definition) is 1. The fourth-order valence-corrected chi connectivity index (χ4v) is 5.73. The molecule has 0 aliphatic heterocycles. The Bertz CT molecular complexity index is 1520. The highest BCUT2D eigenvalue weighted by molar-refractivity contribution is 7.91. The maximum Gasteiger partial charge on any atom is 0.573 e. The highest BCUT2D eigenvalue weighted by atomic mass is 32.2. The summed E-state index contributed by atoms with van der Waals surface area (Å²) in [6.45, 7) is 1.18. The first-order chi connectivity index (χ1) is 17.4. The van der Waals surface area contributed by atoms with Crippen LogP contribution >= 0.6 is 0 Å². The Morgan fingerprint density at radius 1 is 0.842 bits per heavy atom. The van der Waals surface area contributed by atoms with Crippen LogP contribution in [0.15, 0.2) is 76.5 Å². The SMILES string of the molecule is C[C@H](NS(=O)(=O)C(F)(F)F)c1ccc(Cc2ccc(OC(F)(F)F)cc2S(=O)(=O)c2ccccc2F)cc1. The standard InChI is InChI=1S/C23H18F7NO5S2/c1-14(31-38(34,35)23(28,29)30)16-8-6-15(7-9-16)12-17-10-11-18(36-22(25,26)27)13-21(17)37(32,33)20-5-3-2-4-19(20)24/h2-11,13-14,31H,12H2,1H3/t14-/m0/s1. The van der Waals surface area contributed by atoms with Crippen molar-refractivity contribution < 1.29 is 52.3 Å². The minimum Gasteiger partial charge on any atom is -0.406 e. The van der Waals surface area contributed by atoms with E-state index >= 15 is 0 Å². The van der Waals surface area contributed by atoms with E-state index in [1.54, 1.807) is 0 Å². The average molecular weight is 586 g/mol. The van der Waals surface area contributed by atoms with Gasteiger partial charge in [0.25, 0.3) is 0 Å². The van der Waals surface area contributed by atoms with E-state index in [-0.39, 0.29) is 17.5 Å². The van der Waals surface area contributed by atoms with Crippen molar-refractivity contribution in [3.63, 3.8) is 0 Å². The Kier molecular flexibility index (Phi) is 8.15. The number of benzene rings is 3. The predicted molar refractivity (Wildman–Crippen MR) is 121 cm³/mol. The van der Waals surface area contributed by atoms with Gasteiger partial charge in [0.05, 0.1) is 4.90 Å². The van der Waals surface area contributed by atoms with E-state index in [0.717, 1.165) is 24.3 Å². The third-order valence-corrected chi connectivity index (χ3v) is 8.34. The van der Waals surface area contributed by atoms with Crippen LogP contribution in [0.1, 0.15) is 29.7 Å². The van der Waals surface area contributed by atoms with Crippen molar-refractivity contribution in [3.8, 4) is 5.75 Å². The zero-order valence-electron chi connectivity index (χ0n) is 19.1. The van der Waals surface area contributed by atoms with Gasteiger partial charge >= 0.3 is 21.9 Å². The molecule has 0 saturated carbocycles. The van der Waals surface area contributed by atoms with Crippen molar-refractivity contribution in [2.45, 2.75) is 41.0 Å². The van der Waals surface area contributed by atoms with Gasteiger partial charge in [0.15, 0.2) is 0 Å². The van der Waals surface area contributed by atoms with Crippen LogP contribution in [-0.4, -0.2) is 28.7 Å². The summed E-state index contributed by atoms with van der Waals surface area (Å²) in [5, 5.41) is 0. The molecule has 1 atom stereocenters. The van der Waals surface area contributed by atoms with Crippen LogP contribution < -0.4 is 9.46 Å². The van der Waals surface area contributed by atoms with Crippen molar-refractivity contribution in [3.05, 3.63) is 89.2 Å². The van der Waals surface area contributed by atoms with E-state index < -0.39 is 59.1 Å². The van der Waals surface area contributed by atoms with Crippen LogP contribution in [0.4, 0.5) is 30.7 Å². The summed E-state index contributed by atoms with van der Waals surface area (Å²) in [5.41, 5.74) is -5.02. The minimum absolute atomic E-state index is 0.0265. The molecule has 0 fully saturated rings. The van der Waals surface area contributed by atoms with Gasteiger partial charge in [0.1, 0.15) is 16.5 Å². The normalized spacial score (nSPS) is 13.8. The highest BCUT2D eigenvalue weighted by Crippen LogP contribution is 2.33. The predicted octanol–water partition coefficient (Wildman–Crippen LogP) is 5.65. The van der Waals surface area contributed by atoms with Gasteiger partial charge < -0.3 is 4.74 Å². The molecule has 15 heteroatoms. The number of nitrogens with one attached hydrogen (secondary N) is 1. The molecule has 0 unspecified atom stereocenters. The number of halogens is 7. The fourth-order valence-electron chi connectivity index (χ4n) is 3.42. The molecule has 0 heterocycles. The van der Waals surface area contributed by atoms with Crippen LogP contribution in [0.5, 0.6) is 5.75 Å². The third-order valence-electron chi connectivity index (χ3n) is 5.20. The Morgan fingerprint density at radius 3 is 2.00 bits per heavy atom. The number of sulfone groups is 1. The molecule has 0 spiro atoms. The molecular formula is C23H18F7NO5S2. The van der Waals surface area contributed by atoms with Gasteiger partial charge in [-0.1, -0.05) is 42.5 Å². The van der Waals surface area contributed by atoms with Gasteiger partial charge in [-0.25, -0.2) is 25.9 Å². The number of sulfonamides is 1. The lowest BCUT2D eigenvalue weighted by atomic mass is 10.0. The summed E-state index contributed by atoms with van der Waals surface area (Å²) < 4.78 is 145. The number of alkyl halides is 6. The Hall–Kier alpha value is -3.17. The van der Waals surface area contributed by atoms with Crippen LogP contribution in [0, 0.1) is 5.82 Å². The van der Waals surface area contributed by atoms with E-state index in [9.17, 15) is 47.6 Å². The largest absolute Gasteiger partial charge is 0.573 e. The molecule has 0 aromatic heterocycles. The number of ether oxygens (including phenoxy) is 1. The molecule has 0 aliphatic carbocycles. The summed E-state index contributed by atoms with van der Waals surface area (Å²) in [7, 11) is -10.3. The maximum absolute atomic E-state index is 14.3. The molecule has 0 aliphatic rings. The summed E-state index contributed by atoms with van der Waals surface area (Å²) in [6, 6.07) is 10.9. The van der Waals surface area contributed by atoms with Crippen molar-refractivity contribution in [1.82, 2.24) is 4.72 Å². The second-order valence-electron chi connectivity index (χ2n) is 7.96. The molecule has 0 saturated heterocycles. The van der Waals surface area contributed by atoms with Gasteiger partial charge in [-0.3, -0.25) is 0 Å². The van der Waals surface area contributed by atoms with Gasteiger partial charge in [0.2, 0.25) is 9.84 Å². The molecular weight excluding hydrogens is 567 g/mol. The monoisotopic (exact) mass is 585 g/mol. The zero-order chi connectivity index (χ0) is 28.5. The lowest BCUT2D eigenvalue weighted by Gasteiger charge is -2.17. The molecule has 3 rings (SSSR count). The lowest BCUT2D eigenvalue weighted by Crippen LogP contribution is -2.37. The number of hydrogen-bond acceptors (Lipinski definition) is 5. The first-order valence-electron chi connectivity index (χ1n) is 10.5. The highest BCUT2D eigenvalue weighted by Gasteiger charge is 2.46. The molecule has 1 N–H and O–H groups in total. The second kappa shape index (κ2) is 10.5. The average Bonchev–Trinajstić information content (AvgIpc) is 2.78. The van der Waals surface area contributed by atoms with Crippen molar-refractivity contribution in [1.29, 1.82) is 0 Å². The summed E-state index contributed by atoms with van der Waals surface area (Å²) in [6.07, 6.45) is -5.32. The van der Waals surface area contributed by atoms with E-state index in [2.05, 4.69) is 4.74 Å². The Morgan fingerprint density at radius 2 is 1.45 bits per heavy atom. The quantitative estimate of drug-likeness (QED) is 0.346. The van der Waals surface area contributed by atoms with E-state index in [1.165, 1.54) is 48.0 Å². The summed E-state index contributed by atoms with van der Waals surface area (Å²) in [4.78, 5) is -1.42. The van der Waals surface area contributed by atoms with Crippen LogP contribution in [0.3, 0.4) is 0 Å². The first-order valence-corrected chi connectivity index (χ1v) is 13.4. The second-order valence-corrected chi connectivity index (χ2v) is 11.6. The zero-order valence-corrected chi connectivity index (χ0v) is 20.8. The third kappa shape index (κ3) is 6.82. The topological polar surface area (TPSA) is 89.5 Å². The van der Waals surface area contributed by atoms with E-state index in [4.69, 9.17) is 0 Å². The molecule has 0 bridgehead atoms. The molecule has 6 nitrogen and oxygen atoms in total. The van der Waals surface area contributed by atoms with Crippen molar-refractivity contribution in [2.24, 2.45) is 0 Å². The fraction of sp³-hybridized carbons (Fsp3) is 0.217. The molecule has 38 heavy (non-hydrogen) atoms. The smallest absolute Gasteiger partial charge is 0.406 e. The van der Waals surface area contributed by atoms with Crippen LogP contribution in [0.2, 0.25) is 0 Å². The van der Waals surface area contributed by atoms with Crippen LogP contribution in [0.25, 0.3) is 0 Å². The molecule has 3 aromatic rings. The van der Waals surface area contributed by atoms with Crippen molar-refractivity contribution in [2.75, 3.05) is 0 Å². The lowest BCUT2D eigenvalue weighted by molar-refractivity contribution is -0.274. The first kappa shape index (κ1) is 29.4. The minimum atomic E-state index is -5.61. The molecule has 0 radical (unpaired) electrons. The van der Waals surface area contributed by atoms with Gasteiger partial charge in [-0.05, 0) is 54.3 Å². The van der Waals surface area contributed by atoms with Gasteiger partial charge in [-0.2, -0.15) is 13.2 Å². The van der Waals surface area contributed by atoms with Gasteiger partial charge in [0, 0.05) is 6.04 Å². The molecule has 206 valence electrons. The van der Waals surface area contributed by atoms with E-state index in [1.807, 2.05) is 0 Å². The summed E-state index contributed by atoms with van der Waals surface area (Å²) >= 11 is 0. The Balaban J connectivity index is 1.97. The van der Waals surface area contributed by atoms with Crippen molar-refractivity contribution >= 4 is 19.9 Å². The Labute approximate surface area is 213 Å². The van der Waals surface area contributed by atoms with E-state index in [0.29, 0.717) is 11.6 Å². The maximum atomic E-state index is 14.3. The summed E-state index contributed by atoms with van der Waals surface area (Å²) in [5.74, 6) is -1.97.